The molecule has 0 atom stereocenters. The number of halogens is 1. The topological polar surface area (TPSA) is 21.3 Å². The van der Waals surface area contributed by atoms with E-state index in [1.807, 2.05) is 19.1 Å². The SMILES string of the molecule is COc1ccc(CNCc2ccc(F)cc2)cc1C. The van der Waals surface area contributed by atoms with Gasteiger partial charge in [0.25, 0.3) is 0 Å². The van der Waals surface area contributed by atoms with Gasteiger partial charge in [-0.1, -0.05) is 24.3 Å². The fraction of sp³-hybridized carbons (Fsp3) is 0.250. The zero-order valence-corrected chi connectivity index (χ0v) is 11.2. The lowest BCUT2D eigenvalue weighted by Crippen LogP contribution is -2.12. The number of ether oxygens (including phenoxy) is 1. The first kappa shape index (κ1) is 13.6. The van der Waals surface area contributed by atoms with E-state index in [1.165, 1.54) is 17.7 Å². The molecule has 19 heavy (non-hydrogen) atoms. The van der Waals surface area contributed by atoms with Crippen molar-refractivity contribution in [1.82, 2.24) is 5.32 Å². The minimum Gasteiger partial charge on any atom is -0.496 e. The van der Waals surface area contributed by atoms with Gasteiger partial charge in [-0.25, -0.2) is 4.39 Å². The van der Waals surface area contributed by atoms with E-state index >= 15 is 0 Å². The second-order valence-electron chi connectivity index (χ2n) is 4.53. The zero-order chi connectivity index (χ0) is 13.7. The number of hydrogen-bond acceptors (Lipinski definition) is 2. The Labute approximate surface area is 113 Å². The van der Waals surface area contributed by atoms with E-state index in [-0.39, 0.29) is 5.82 Å². The average molecular weight is 259 g/mol. The van der Waals surface area contributed by atoms with Crippen molar-refractivity contribution in [3.8, 4) is 5.75 Å². The lowest BCUT2D eigenvalue weighted by molar-refractivity contribution is 0.411. The summed E-state index contributed by atoms with van der Waals surface area (Å²) in [6, 6.07) is 12.7. The third-order valence-corrected chi connectivity index (χ3v) is 3.03. The molecule has 0 saturated carbocycles. The summed E-state index contributed by atoms with van der Waals surface area (Å²) in [5, 5.41) is 3.34. The molecule has 0 aromatic heterocycles. The maximum atomic E-state index is 12.8. The van der Waals surface area contributed by atoms with Crippen LogP contribution in [0.15, 0.2) is 42.5 Å². The van der Waals surface area contributed by atoms with Gasteiger partial charge >= 0.3 is 0 Å². The summed E-state index contributed by atoms with van der Waals surface area (Å²) < 4.78 is 18.0. The van der Waals surface area contributed by atoms with Gasteiger partial charge < -0.3 is 10.1 Å². The Hall–Kier alpha value is -1.87. The molecule has 100 valence electrons. The molecule has 0 bridgehead atoms. The maximum Gasteiger partial charge on any atom is 0.123 e. The summed E-state index contributed by atoms with van der Waals surface area (Å²) in [6.45, 7) is 3.54. The van der Waals surface area contributed by atoms with Crippen molar-refractivity contribution < 1.29 is 9.13 Å². The molecule has 0 aliphatic rings. The van der Waals surface area contributed by atoms with Gasteiger partial charge in [-0.15, -0.1) is 0 Å². The fourth-order valence-corrected chi connectivity index (χ4v) is 2.00. The summed E-state index contributed by atoms with van der Waals surface area (Å²) >= 11 is 0. The molecule has 0 saturated heterocycles. The summed E-state index contributed by atoms with van der Waals surface area (Å²) in [7, 11) is 1.68. The Morgan fingerprint density at radius 2 is 1.63 bits per heavy atom. The monoisotopic (exact) mass is 259 g/mol. The molecule has 2 rings (SSSR count). The van der Waals surface area contributed by atoms with Crippen molar-refractivity contribution in [2.45, 2.75) is 20.0 Å². The minimum atomic E-state index is -0.200. The Morgan fingerprint density at radius 1 is 1.00 bits per heavy atom. The van der Waals surface area contributed by atoms with Crippen LogP contribution in [-0.2, 0) is 13.1 Å². The number of hydrogen-bond donors (Lipinski definition) is 1. The molecule has 3 heteroatoms. The van der Waals surface area contributed by atoms with Crippen molar-refractivity contribution in [3.63, 3.8) is 0 Å². The maximum absolute atomic E-state index is 12.8. The molecule has 2 aromatic rings. The van der Waals surface area contributed by atoms with Gasteiger partial charge in [-0.3, -0.25) is 0 Å². The highest BCUT2D eigenvalue weighted by atomic mass is 19.1. The molecule has 0 radical (unpaired) electrons. The Kier molecular flexibility index (Phi) is 4.53. The van der Waals surface area contributed by atoms with Crippen LogP contribution in [0.5, 0.6) is 5.75 Å². The van der Waals surface area contributed by atoms with Gasteiger partial charge in [0, 0.05) is 13.1 Å². The van der Waals surface area contributed by atoms with Crippen LogP contribution in [0.3, 0.4) is 0 Å². The van der Waals surface area contributed by atoms with Crippen LogP contribution < -0.4 is 10.1 Å². The van der Waals surface area contributed by atoms with Crippen LogP contribution in [0, 0.1) is 12.7 Å². The first-order valence-electron chi connectivity index (χ1n) is 6.27. The highest BCUT2D eigenvalue weighted by molar-refractivity contribution is 5.36. The first-order valence-corrected chi connectivity index (χ1v) is 6.27. The number of methoxy groups -OCH3 is 1. The van der Waals surface area contributed by atoms with Crippen LogP contribution in [0.4, 0.5) is 4.39 Å². The molecule has 0 heterocycles. The van der Waals surface area contributed by atoms with Gasteiger partial charge in [0.15, 0.2) is 0 Å². The second kappa shape index (κ2) is 6.34. The third kappa shape index (κ3) is 3.80. The molecular weight excluding hydrogens is 241 g/mol. The van der Waals surface area contributed by atoms with Gasteiger partial charge in [-0.05, 0) is 41.8 Å². The normalized spacial score (nSPS) is 10.5. The molecule has 0 aliphatic heterocycles. The van der Waals surface area contributed by atoms with E-state index in [0.717, 1.165) is 30.0 Å². The molecule has 0 amide bonds. The third-order valence-electron chi connectivity index (χ3n) is 3.03. The molecule has 0 fully saturated rings. The van der Waals surface area contributed by atoms with Crippen molar-refractivity contribution in [2.24, 2.45) is 0 Å². The quantitative estimate of drug-likeness (QED) is 0.888. The molecule has 0 spiro atoms. The van der Waals surface area contributed by atoms with Gasteiger partial charge in [0.2, 0.25) is 0 Å². The van der Waals surface area contributed by atoms with Crippen LogP contribution in [0.25, 0.3) is 0 Å². The standard InChI is InChI=1S/C16H18FNO/c1-12-9-14(5-8-16(12)19-2)11-18-10-13-3-6-15(17)7-4-13/h3-9,18H,10-11H2,1-2H3. The van der Waals surface area contributed by atoms with Crippen molar-refractivity contribution >= 4 is 0 Å². The van der Waals surface area contributed by atoms with Gasteiger partial charge in [0.1, 0.15) is 11.6 Å². The highest BCUT2D eigenvalue weighted by Crippen LogP contribution is 2.18. The number of aryl methyl sites for hydroxylation is 1. The van der Waals surface area contributed by atoms with Crippen LogP contribution >= 0.6 is 0 Å². The molecule has 1 N–H and O–H groups in total. The summed E-state index contributed by atoms with van der Waals surface area (Å²) in [6.07, 6.45) is 0. The molecule has 2 nitrogen and oxygen atoms in total. The van der Waals surface area contributed by atoms with Crippen molar-refractivity contribution in [1.29, 1.82) is 0 Å². The van der Waals surface area contributed by atoms with E-state index in [0.29, 0.717) is 0 Å². The zero-order valence-electron chi connectivity index (χ0n) is 11.2. The Balaban J connectivity index is 1.88. The second-order valence-corrected chi connectivity index (χ2v) is 4.53. The predicted molar refractivity (Wildman–Crippen MR) is 74.7 cm³/mol. The average Bonchev–Trinajstić information content (AvgIpc) is 2.41. The van der Waals surface area contributed by atoms with Crippen LogP contribution in [0.2, 0.25) is 0 Å². The van der Waals surface area contributed by atoms with Crippen molar-refractivity contribution in [3.05, 3.63) is 65.0 Å². The Bertz CT molecular complexity index is 537. The largest absolute Gasteiger partial charge is 0.496 e. The van der Waals surface area contributed by atoms with E-state index < -0.39 is 0 Å². The van der Waals surface area contributed by atoms with Crippen LogP contribution in [-0.4, -0.2) is 7.11 Å². The van der Waals surface area contributed by atoms with Gasteiger partial charge in [0.05, 0.1) is 7.11 Å². The number of nitrogens with one attached hydrogen (secondary N) is 1. The molecule has 0 unspecified atom stereocenters. The van der Waals surface area contributed by atoms with E-state index in [2.05, 4.69) is 11.4 Å². The minimum absolute atomic E-state index is 0.200. The molecular formula is C16H18FNO. The Morgan fingerprint density at radius 3 is 2.26 bits per heavy atom. The lowest BCUT2D eigenvalue weighted by Gasteiger charge is -2.09. The number of rotatable bonds is 5. The highest BCUT2D eigenvalue weighted by Gasteiger charge is 2.00. The van der Waals surface area contributed by atoms with Crippen LogP contribution in [0.1, 0.15) is 16.7 Å². The summed E-state index contributed by atoms with van der Waals surface area (Å²) in [5.41, 5.74) is 3.41. The lowest BCUT2D eigenvalue weighted by atomic mass is 10.1. The summed E-state index contributed by atoms with van der Waals surface area (Å²) in [5.74, 6) is 0.705. The van der Waals surface area contributed by atoms with E-state index in [4.69, 9.17) is 4.74 Å². The smallest absolute Gasteiger partial charge is 0.123 e. The van der Waals surface area contributed by atoms with Gasteiger partial charge in [-0.2, -0.15) is 0 Å². The fourth-order valence-electron chi connectivity index (χ4n) is 2.00. The molecule has 0 aliphatic carbocycles. The first-order chi connectivity index (χ1) is 9.19. The summed E-state index contributed by atoms with van der Waals surface area (Å²) in [4.78, 5) is 0. The van der Waals surface area contributed by atoms with E-state index in [1.54, 1.807) is 19.2 Å². The number of benzene rings is 2. The van der Waals surface area contributed by atoms with Crippen molar-refractivity contribution in [2.75, 3.05) is 7.11 Å². The molecule has 2 aromatic carbocycles. The van der Waals surface area contributed by atoms with E-state index in [9.17, 15) is 4.39 Å². The predicted octanol–water partition coefficient (Wildman–Crippen LogP) is 3.43.